The van der Waals surface area contributed by atoms with Crippen molar-refractivity contribution in [2.75, 3.05) is 55.9 Å². The van der Waals surface area contributed by atoms with Gasteiger partial charge in [0.2, 0.25) is 0 Å². The van der Waals surface area contributed by atoms with Crippen LogP contribution in [0.3, 0.4) is 0 Å². The molecule has 2 N–H and O–H groups in total. The van der Waals surface area contributed by atoms with Gasteiger partial charge in [0.05, 0.1) is 12.8 Å². The van der Waals surface area contributed by atoms with Crippen LogP contribution < -0.4 is 20.3 Å². The fraction of sp³-hybridized carbons (Fsp3) is 0.333. The maximum absolute atomic E-state index is 12.2. The van der Waals surface area contributed by atoms with Crippen LogP contribution in [0.15, 0.2) is 42.5 Å². The Morgan fingerprint density at radius 3 is 2.21 bits per heavy atom. The minimum Gasteiger partial charge on any atom is -0.495 e. The van der Waals surface area contributed by atoms with Crippen LogP contribution in [0, 0.1) is 6.92 Å². The van der Waals surface area contributed by atoms with E-state index in [0.717, 1.165) is 37.4 Å². The predicted octanol–water partition coefficient (Wildman–Crippen LogP) is 2.33. The van der Waals surface area contributed by atoms with Gasteiger partial charge in [-0.05, 0) is 55.9 Å². The number of benzene rings is 2. The molecule has 2 aromatic rings. The second kappa shape index (κ2) is 8.75. The largest absolute Gasteiger partial charge is 0.495 e. The van der Waals surface area contributed by atoms with Gasteiger partial charge < -0.3 is 25.2 Å². The van der Waals surface area contributed by atoms with E-state index >= 15 is 0 Å². The van der Waals surface area contributed by atoms with Crippen molar-refractivity contribution in [3.63, 3.8) is 0 Å². The third-order valence-electron chi connectivity index (χ3n) is 4.80. The fourth-order valence-electron chi connectivity index (χ4n) is 3.11. The van der Waals surface area contributed by atoms with Gasteiger partial charge in [0.25, 0.3) is 0 Å². The molecule has 28 heavy (non-hydrogen) atoms. The van der Waals surface area contributed by atoms with Crippen LogP contribution in [0.5, 0.6) is 5.75 Å². The lowest BCUT2D eigenvalue weighted by Crippen LogP contribution is -2.44. The molecule has 2 aromatic carbocycles. The average Bonchev–Trinajstić information content (AvgIpc) is 2.69. The first-order valence-electron chi connectivity index (χ1n) is 9.27. The first-order valence-corrected chi connectivity index (χ1v) is 9.27. The molecular weight excluding hydrogens is 356 g/mol. The second-order valence-electron chi connectivity index (χ2n) is 6.95. The van der Waals surface area contributed by atoms with Crippen LogP contribution in [0.4, 0.5) is 17.1 Å². The lowest BCUT2D eigenvalue weighted by atomic mass is 10.2. The number of ether oxygens (including phenoxy) is 1. The number of hydrogen-bond acceptors (Lipinski definition) is 5. The molecule has 0 aliphatic carbocycles. The first kappa shape index (κ1) is 19.7. The number of carbonyl (C=O) groups excluding carboxylic acids is 2. The van der Waals surface area contributed by atoms with Gasteiger partial charge >= 0.3 is 11.8 Å². The SMILES string of the molecule is COc1ccc(C)cc1NC(=O)C(=O)Nc1ccc(N2CCN(C)CC2)cc1. The summed E-state index contributed by atoms with van der Waals surface area (Å²) in [6.07, 6.45) is 0. The molecule has 3 rings (SSSR count). The Balaban J connectivity index is 1.60. The van der Waals surface area contributed by atoms with Gasteiger partial charge in [-0.1, -0.05) is 6.07 Å². The third-order valence-corrected chi connectivity index (χ3v) is 4.80. The molecule has 7 heteroatoms. The summed E-state index contributed by atoms with van der Waals surface area (Å²) in [6.45, 7) is 5.91. The van der Waals surface area contributed by atoms with Crippen molar-refractivity contribution in [1.82, 2.24) is 4.90 Å². The Labute approximate surface area is 165 Å². The molecule has 0 atom stereocenters. The highest BCUT2D eigenvalue weighted by Crippen LogP contribution is 2.25. The summed E-state index contributed by atoms with van der Waals surface area (Å²) in [7, 11) is 3.63. The van der Waals surface area contributed by atoms with Crippen molar-refractivity contribution < 1.29 is 14.3 Å². The van der Waals surface area contributed by atoms with Gasteiger partial charge in [-0.25, -0.2) is 0 Å². The number of methoxy groups -OCH3 is 1. The van der Waals surface area contributed by atoms with Crippen molar-refractivity contribution in [1.29, 1.82) is 0 Å². The summed E-state index contributed by atoms with van der Waals surface area (Å²) in [5.74, 6) is -0.966. The van der Waals surface area contributed by atoms with Crippen molar-refractivity contribution in [3.05, 3.63) is 48.0 Å². The summed E-state index contributed by atoms with van der Waals surface area (Å²) >= 11 is 0. The zero-order valence-corrected chi connectivity index (χ0v) is 16.5. The van der Waals surface area contributed by atoms with Crippen LogP contribution in [-0.2, 0) is 9.59 Å². The molecule has 1 aliphatic heterocycles. The predicted molar refractivity (Wildman–Crippen MR) is 111 cm³/mol. The van der Waals surface area contributed by atoms with Crippen molar-refractivity contribution in [2.45, 2.75) is 6.92 Å². The van der Waals surface area contributed by atoms with Crippen LogP contribution in [0.25, 0.3) is 0 Å². The Morgan fingerprint density at radius 2 is 1.57 bits per heavy atom. The van der Waals surface area contributed by atoms with Crippen molar-refractivity contribution >= 4 is 28.9 Å². The molecule has 1 fully saturated rings. The van der Waals surface area contributed by atoms with Crippen molar-refractivity contribution in [2.24, 2.45) is 0 Å². The summed E-state index contributed by atoms with van der Waals surface area (Å²) in [4.78, 5) is 29.1. The van der Waals surface area contributed by atoms with E-state index in [1.54, 1.807) is 12.1 Å². The highest BCUT2D eigenvalue weighted by molar-refractivity contribution is 6.43. The van der Waals surface area contributed by atoms with Gasteiger partial charge in [0.15, 0.2) is 0 Å². The Kier molecular flexibility index (Phi) is 6.16. The van der Waals surface area contributed by atoms with E-state index in [1.807, 2.05) is 37.3 Å². The van der Waals surface area contributed by atoms with Gasteiger partial charge in [0.1, 0.15) is 5.75 Å². The molecule has 2 amide bonds. The number of likely N-dealkylation sites (N-methyl/N-ethyl adjacent to an activating group) is 1. The molecule has 148 valence electrons. The molecule has 0 aromatic heterocycles. The Morgan fingerprint density at radius 1 is 0.929 bits per heavy atom. The maximum Gasteiger partial charge on any atom is 0.314 e. The van der Waals surface area contributed by atoms with E-state index in [-0.39, 0.29) is 0 Å². The molecule has 0 bridgehead atoms. The molecule has 1 saturated heterocycles. The quantitative estimate of drug-likeness (QED) is 0.794. The number of carbonyl (C=O) groups is 2. The number of rotatable bonds is 4. The molecule has 0 spiro atoms. The van der Waals surface area contributed by atoms with Gasteiger partial charge in [-0.15, -0.1) is 0 Å². The summed E-state index contributed by atoms with van der Waals surface area (Å²) in [5, 5.41) is 5.23. The number of piperazine rings is 1. The normalized spacial score (nSPS) is 14.5. The molecule has 1 heterocycles. The lowest BCUT2D eigenvalue weighted by molar-refractivity contribution is -0.133. The molecule has 0 saturated carbocycles. The highest BCUT2D eigenvalue weighted by Gasteiger charge is 2.17. The van der Waals surface area contributed by atoms with Crippen molar-refractivity contribution in [3.8, 4) is 5.75 Å². The van der Waals surface area contributed by atoms with Gasteiger partial charge in [-0.2, -0.15) is 0 Å². The minimum atomic E-state index is -0.743. The van der Waals surface area contributed by atoms with E-state index < -0.39 is 11.8 Å². The third kappa shape index (κ3) is 4.80. The van der Waals surface area contributed by atoms with Crippen LogP contribution in [-0.4, -0.2) is 57.1 Å². The van der Waals surface area contributed by atoms with Crippen LogP contribution >= 0.6 is 0 Å². The molecule has 1 aliphatic rings. The number of hydrogen-bond donors (Lipinski definition) is 2. The average molecular weight is 382 g/mol. The number of nitrogens with zero attached hydrogens (tertiary/aromatic N) is 2. The first-order chi connectivity index (χ1) is 13.5. The molecule has 0 radical (unpaired) electrons. The topological polar surface area (TPSA) is 73.9 Å². The smallest absolute Gasteiger partial charge is 0.314 e. The lowest BCUT2D eigenvalue weighted by Gasteiger charge is -2.34. The highest BCUT2D eigenvalue weighted by atomic mass is 16.5. The second-order valence-corrected chi connectivity index (χ2v) is 6.95. The molecule has 7 nitrogen and oxygen atoms in total. The van der Waals surface area contributed by atoms with Crippen LogP contribution in [0.1, 0.15) is 5.56 Å². The van der Waals surface area contributed by atoms with Crippen LogP contribution in [0.2, 0.25) is 0 Å². The Bertz CT molecular complexity index is 843. The number of amides is 2. The molecular formula is C21H26N4O3. The van der Waals surface area contributed by atoms with Gasteiger partial charge in [-0.3, -0.25) is 9.59 Å². The number of anilines is 3. The van der Waals surface area contributed by atoms with E-state index in [1.165, 1.54) is 7.11 Å². The maximum atomic E-state index is 12.2. The zero-order chi connectivity index (χ0) is 20.1. The summed E-state index contributed by atoms with van der Waals surface area (Å²) < 4.78 is 5.22. The zero-order valence-electron chi connectivity index (χ0n) is 16.5. The number of nitrogens with one attached hydrogen (secondary N) is 2. The van der Waals surface area contributed by atoms with E-state index in [9.17, 15) is 9.59 Å². The van der Waals surface area contributed by atoms with Gasteiger partial charge in [0, 0.05) is 37.6 Å². The fourth-order valence-corrected chi connectivity index (χ4v) is 3.11. The Hall–Kier alpha value is -3.06. The number of aryl methyl sites for hydroxylation is 1. The van der Waals surface area contributed by atoms with E-state index in [2.05, 4.69) is 27.5 Å². The molecule has 0 unspecified atom stereocenters. The van der Waals surface area contributed by atoms with E-state index in [4.69, 9.17) is 4.74 Å². The minimum absolute atomic E-state index is 0.466. The van der Waals surface area contributed by atoms with E-state index in [0.29, 0.717) is 17.1 Å². The standard InChI is InChI=1S/C21H26N4O3/c1-15-4-9-19(28-3)18(14-15)23-21(27)20(26)22-16-5-7-17(8-6-16)25-12-10-24(2)11-13-25/h4-9,14H,10-13H2,1-3H3,(H,22,26)(H,23,27). The monoisotopic (exact) mass is 382 g/mol. The summed E-state index contributed by atoms with van der Waals surface area (Å²) in [5.41, 5.74) is 3.11. The summed E-state index contributed by atoms with van der Waals surface area (Å²) in [6, 6.07) is 12.9.